The van der Waals surface area contributed by atoms with Gasteiger partial charge in [0.05, 0.1) is 7.11 Å². The van der Waals surface area contributed by atoms with Crippen molar-refractivity contribution in [3.05, 3.63) is 24.3 Å². The van der Waals surface area contributed by atoms with Gasteiger partial charge in [-0.2, -0.15) is 0 Å². The Bertz CT molecular complexity index is 569. The van der Waals surface area contributed by atoms with Crippen LogP contribution in [-0.4, -0.2) is 34.9 Å². The zero-order valence-corrected chi connectivity index (χ0v) is 13.2. The molecule has 5 heteroatoms. The summed E-state index contributed by atoms with van der Waals surface area (Å²) in [7, 11) is 1.64. The number of hydrogen-bond acceptors (Lipinski definition) is 4. The second-order valence-corrected chi connectivity index (χ2v) is 6.98. The van der Waals surface area contributed by atoms with Gasteiger partial charge in [-0.05, 0) is 25.0 Å². The number of carbonyl (C=O) groups is 1. The normalized spacial score (nSPS) is 24.2. The minimum Gasteiger partial charge on any atom is -0.494 e. The summed E-state index contributed by atoms with van der Waals surface area (Å²) in [6.07, 6.45) is 3.22. The molecule has 1 saturated heterocycles. The molecule has 1 aromatic rings. The second-order valence-electron chi connectivity index (χ2n) is 5.57. The maximum atomic E-state index is 12.5. The van der Waals surface area contributed by atoms with Crippen LogP contribution in [0.2, 0.25) is 0 Å². The highest BCUT2D eigenvalue weighted by Gasteiger charge is 2.36. The van der Waals surface area contributed by atoms with Gasteiger partial charge in [-0.15, -0.1) is 0 Å². The lowest BCUT2D eigenvalue weighted by Crippen LogP contribution is -2.39. The molecule has 1 aliphatic heterocycles. The summed E-state index contributed by atoms with van der Waals surface area (Å²) in [5.41, 5.74) is 0.781. The lowest BCUT2D eigenvalue weighted by atomic mass is 9.84. The van der Waals surface area contributed by atoms with Gasteiger partial charge in [0.25, 0.3) is 0 Å². The molecule has 0 bridgehead atoms. The number of para-hydroxylation sites is 2. The van der Waals surface area contributed by atoms with Crippen molar-refractivity contribution in [2.24, 2.45) is 10.9 Å². The number of thioether (sulfide) groups is 1. The van der Waals surface area contributed by atoms with Crippen molar-refractivity contribution >= 4 is 28.5 Å². The molecule has 1 amide bonds. The van der Waals surface area contributed by atoms with Crippen molar-refractivity contribution in [3.8, 4) is 5.75 Å². The average molecular weight is 304 g/mol. The van der Waals surface area contributed by atoms with Gasteiger partial charge >= 0.3 is 0 Å². The van der Waals surface area contributed by atoms with Crippen LogP contribution in [0.5, 0.6) is 5.75 Å². The fourth-order valence-electron chi connectivity index (χ4n) is 2.59. The Morgan fingerprint density at radius 3 is 2.81 bits per heavy atom. The lowest BCUT2D eigenvalue weighted by molar-refractivity contribution is -0.133. The van der Waals surface area contributed by atoms with Crippen LogP contribution in [0.15, 0.2) is 29.3 Å². The molecule has 21 heavy (non-hydrogen) atoms. The maximum Gasteiger partial charge on any atom is 0.231 e. The summed E-state index contributed by atoms with van der Waals surface area (Å²) in [5, 5.41) is 1.20. The zero-order chi connectivity index (χ0) is 14.8. The molecule has 1 aromatic carbocycles. The quantitative estimate of drug-likeness (QED) is 0.859. The fourth-order valence-corrected chi connectivity index (χ4v) is 3.61. The molecule has 0 radical (unpaired) electrons. The third kappa shape index (κ3) is 2.93. The number of amides is 1. The van der Waals surface area contributed by atoms with E-state index in [4.69, 9.17) is 4.74 Å². The van der Waals surface area contributed by atoms with Crippen molar-refractivity contribution in [3.63, 3.8) is 0 Å². The highest BCUT2D eigenvalue weighted by atomic mass is 32.2. The second kappa shape index (κ2) is 6.10. The van der Waals surface area contributed by atoms with Crippen molar-refractivity contribution in [2.45, 2.75) is 31.4 Å². The summed E-state index contributed by atoms with van der Waals surface area (Å²) in [4.78, 5) is 19.1. The highest BCUT2D eigenvalue weighted by Crippen LogP contribution is 2.35. The molecule has 112 valence electrons. The van der Waals surface area contributed by atoms with E-state index in [1.54, 1.807) is 18.9 Å². The SMILES string of the molecule is COc1ccccc1N=C1S[C@@H](C)CN1C(=O)C1CCC1. The number of ether oxygens (including phenoxy) is 1. The summed E-state index contributed by atoms with van der Waals surface area (Å²) in [5.74, 6) is 1.19. The van der Waals surface area contributed by atoms with Gasteiger partial charge in [-0.1, -0.05) is 37.2 Å². The van der Waals surface area contributed by atoms with E-state index in [2.05, 4.69) is 11.9 Å². The number of amidine groups is 1. The maximum absolute atomic E-state index is 12.5. The van der Waals surface area contributed by atoms with Crippen LogP contribution in [-0.2, 0) is 4.79 Å². The van der Waals surface area contributed by atoms with Gasteiger partial charge in [0.2, 0.25) is 5.91 Å². The van der Waals surface area contributed by atoms with Gasteiger partial charge in [0, 0.05) is 17.7 Å². The summed E-state index contributed by atoms with van der Waals surface area (Å²) in [6, 6.07) is 7.66. The molecule has 0 N–H and O–H groups in total. The average Bonchev–Trinajstić information content (AvgIpc) is 2.78. The number of hydrogen-bond donors (Lipinski definition) is 0. The third-order valence-electron chi connectivity index (χ3n) is 4.00. The minimum atomic E-state index is 0.207. The Morgan fingerprint density at radius 1 is 1.38 bits per heavy atom. The third-order valence-corrected chi connectivity index (χ3v) is 5.07. The van der Waals surface area contributed by atoms with E-state index in [-0.39, 0.29) is 11.8 Å². The molecular weight excluding hydrogens is 284 g/mol. The molecule has 3 rings (SSSR count). The van der Waals surface area contributed by atoms with Gasteiger partial charge in [-0.3, -0.25) is 9.69 Å². The Morgan fingerprint density at radius 2 is 2.14 bits per heavy atom. The van der Waals surface area contributed by atoms with Crippen LogP contribution in [0, 0.1) is 5.92 Å². The van der Waals surface area contributed by atoms with E-state index >= 15 is 0 Å². The number of rotatable bonds is 3. The van der Waals surface area contributed by atoms with E-state index in [9.17, 15) is 4.79 Å². The standard InChI is InChI=1S/C16H20N2O2S/c1-11-10-18(15(19)12-6-5-7-12)16(21-11)17-13-8-3-4-9-14(13)20-2/h3-4,8-9,11-12H,5-7,10H2,1-2H3/t11-/m0/s1. The molecule has 0 unspecified atom stereocenters. The summed E-state index contributed by atoms with van der Waals surface area (Å²) >= 11 is 1.67. The number of methoxy groups -OCH3 is 1. The van der Waals surface area contributed by atoms with Crippen LogP contribution in [0.4, 0.5) is 5.69 Å². The molecule has 4 nitrogen and oxygen atoms in total. The first kappa shape index (κ1) is 14.4. The monoisotopic (exact) mass is 304 g/mol. The first-order chi connectivity index (χ1) is 10.2. The molecular formula is C16H20N2O2S. The molecule has 1 atom stereocenters. The van der Waals surface area contributed by atoms with Crippen molar-refractivity contribution in [1.82, 2.24) is 4.90 Å². The predicted molar refractivity (Wildman–Crippen MR) is 86.2 cm³/mol. The first-order valence-electron chi connectivity index (χ1n) is 7.39. The Labute approximate surface area is 129 Å². The van der Waals surface area contributed by atoms with Crippen LogP contribution < -0.4 is 4.74 Å². The van der Waals surface area contributed by atoms with Crippen LogP contribution >= 0.6 is 11.8 Å². The first-order valence-corrected chi connectivity index (χ1v) is 8.26. The highest BCUT2D eigenvalue weighted by molar-refractivity contribution is 8.14. The number of aliphatic imine (C=N–C) groups is 1. The van der Waals surface area contributed by atoms with Crippen molar-refractivity contribution in [1.29, 1.82) is 0 Å². The largest absolute Gasteiger partial charge is 0.494 e. The van der Waals surface area contributed by atoms with Crippen LogP contribution in [0.25, 0.3) is 0 Å². The molecule has 2 fully saturated rings. The summed E-state index contributed by atoms with van der Waals surface area (Å²) < 4.78 is 5.34. The van der Waals surface area contributed by atoms with Gasteiger partial charge < -0.3 is 4.74 Å². The Balaban J connectivity index is 1.87. The van der Waals surface area contributed by atoms with Gasteiger partial charge in [0.1, 0.15) is 11.4 Å². The Hall–Kier alpha value is -1.49. The zero-order valence-electron chi connectivity index (χ0n) is 12.4. The van der Waals surface area contributed by atoms with E-state index in [0.717, 1.165) is 36.0 Å². The predicted octanol–water partition coefficient (Wildman–Crippen LogP) is 3.45. The molecule has 1 saturated carbocycles. The van der Waals surface area contributed by atoms with Crippen molar-refractivity contribution < 1.29 is 9.53 Å². The number of carbonyl (C=O) groups excluding carboxylic acids is 1. The Kier molecular flexibility index (Phi) is 4.19. The van der Waals surface area contributed by atoms with Crippen LogP contribution in [0.3, 0.4) is 0 Å². The fraction of sp³-hybridized carbons (Fsp3) is 0.500. The van der Waals surface area contributed by atoms with Gasteiger partial charge in [-0.25, -0.2) is 4.99 Å². The molecule has 2 aliphatic rings. The summed E-state index contributed by atoms with van der Waals surface area (Å²) in [6.45, 7) is 2.89. The topological polar surface area (TPSA) is 41.9 Å². The number of nitrogens with zero attached hydrogens (tertiary/aromatic N) is 2. The smallest absolute Gasteiger partial charge is 0.231 e. The van der Waals surface area contributed by atoms with Gasteiger partial charge in [0.15, 0.2) is 5.17 Å². The van der Waals surface area contributed by atoms with E-state index in [1.165, 1.54) is 6.42 Å². The minimum absolute atomic E-state index is 0.207. The molecule has 0 aromatic heterocycles. The van der Waals surface area contributed by atoms with Crippen molar-refractivity contribution in [2.75, 3.05) is 13.7 Å². The van der Waals surface area contributed by atoms with E-state index in [1.807, 2.05) is 29.2 Å². The molecule has 1 aliphatic carbocycles. The van der Waals surface area contributed by atoms with E-state index in [0.29, 0.717) is 5.25 Å². The molecule has 1 heterocycles. The van der Waals surface area contributed by atoms with E-state index < -0.39 is 0 Å². The number of benzene rings is 1. The van der Waals surface area contributed by atoms with Crippen LogP contribution in [0.1, 0.15) is 26.2 Å². The lowest BCUT2D eigenvalue weighted by Gasteiger charge is -2.28. The molecule has 0 spiro atoms.